The van der Waals surface area contributed by atoms with Crippen molar-refractivity contribution >= 4 is 27.9 Å². The molecule has 0 fully saturated rings. The number of rotatable bonds is 4. The van der Waals surface area contributed by atoms with E-state index in [1.165, 1.54) is 12.3 Å². The minimum absolute atomic E-state index is 0.0460. The summed E-state index contributed by atoms with van der Waals surface area (Å²) in [4.78, 5) is 38.6. The highest BCUT2D eigenvalue weighted by molar-refractivity contribution is 5.95. The second-order valence-electron chi connectivity index (χ2n) is 7.13. The van der Waals surface area contributed by atoms with Crippen molar-refractivity contribution in [3.63, 3.8) is 0 Å². The fourth-order valence-electron chi connectivity index (χ4n) is 3.46. The van der Waals surface area contributed by atoms with Crippen molar-refractivity contribution in [2.75, 3.05) is 0 Å². The number of aryl methyl sites for hydroxylation is 1. The summed E-state index contributed by atoms with van der Waals surface area (Å²) in [6.45, 7) is 1.96. The van der Waals surface area contributed by atoms with Gasteiger partial charge in [0.05, 0.1) is 11.6 Å². The van der Waals surface area contributed by atoms with E-state index in [-0.39, 0.29) is 28.2 Å². The molecule has 2 aromatic carbocycles. The number of esters is 1. The molecular weight excluding hydrogens is 412 g/mol. The van der Waals surface area contributed by atoms with Crippen LogP contribution in [0.15, 0.2) is 89.8 Å². The van der Waals surface area contributed by atoms with Gasteiger partial charge in [0.15, 0.2) is 5.76 Å². The molecule has 0 N–H and O–H groups in total. The minimum atomic E-state index is -1.03. The van der Waals surface area contributed by atoms with Gasteiger partial charge in [-0.15, -0.1) is 0 Å². The van der Waals surface area contributed by atoms with E-state index in [9.17, 15) is 14.4 Å². The molecule has 5 aromatic rings. The zero-order chi connectivity index (χ0) is 22.2. The molecule has 0 aliphatic rings. The minimum Gasteiger partial charge on any atom is -0.461 e. The Morgan fingerprint density at radius 1 is 0.938 bits per heavy atom. The molecule has 32 heavy (non-hydrogen) atoms. The normalized spacial score (nSPS) is 11.2. The summed E-state index contributed by atoms with van der Waals surface area (Å²) >= 11 is 0. The van der Waals surface area contributed by atoms with E-state index in [1.54, 1.807) is 48.5 Å². The van der Waals surface area contributed by atoms with E-state index < -0.39 is 17.0 Å². The fraction of sp³-hybridized carbons (Fsp3) is 0.0800. The lowest BCUT2D eigenvalue weighted by Gasteiger charge is -2.09. The maximum atomic E-state index is 13.3. The molecule has 0 radical (unpaired) electrons. The van der Waals surface area contributed by atoms with Crippen LogP contribution in [0.4, 0.5) is 0 Å². The summed E-state index contributed by atoms with van der Waals surface area (Å²) in [5, 5.41) is 0.802. The van der Waals surface area contributed by atoms with Crippen molar-refractivity contribution in [2.24, 2.45) is 0 Å². The zero-order valence-corrected chi connectivity index (χ0v) is 16.9. The third kappa shape index (κ3) is 3.30. The van der Waals surface area contributed by atoms with Gasteiger partial charge in [-0.2, -0.15) is 0 Å². The molecule has 0 spiro atoms. The van der Waals surface area contributed by atoms with Crippen LogP contribution in [0, 0.1) is 0 Å². The van der Waals surface area contributed by atoms with Crippen molar-refractivity contribution in [3.8, 4) is 17.3 Å². The summed E-state index contributed by atoms with van der Waals surface area (Å²) in [5.74, 6) is -1.24. The second kappa shape index (κ2) is 7.70. The van der Waals surface area contributed by atoms with Gasteiger partial charge in [0.1, 0.15) is 16.7 Å². The molecule has 7 heteroatoms. The van der Waals surface area contributed by atoms with Gasteiger partial charge in [0, 0.05) is 5.39 Å². The van der Waals surface area contributed by atoms with Crippen LogP contribution in [-0.2, 0) is 6.42 Å². The highest BCUT2D eigenvalue weighted by Gasteiger charge is 2.25. The van der Waals surface area contributed by atoms with Crippen molar-refractivity contribution in [3.05, 3.63) is 98.7 Å². The van der Waals surface area contributed by atoms with E-state index >= 15 is 0 Å². The lowest BCUT2D eigenvalue weighted by atomic mass is 10.1. The summed E-state index contributed by atoms with van der Waals surface area (Å²) in [5.41, 5.74) is -0.177. The van der Waals surface area contributed by atoms with Crippen molar-refractivity contribution in [2.45, 2.75) is 13.3 Å². The molecule has 158 valence electrons. The Morgan fingerprint density at radius 3 is 2.56 bits per heavy atom. The van der Waals surface area contributed by atoms with Crippen LogP contribution < -0.4 is 15.8 Å². The first-order valence-corrected chi connectivity index (χ1v) is 9.94. The van der Waals surface area contributed by atoms with Crippen LogP contribution in [0.1, 0.15) is 22.8 Å². The van der Waals surface area contributed by atoms with E-state index in [4.69, 9.17) is 18.0 Å². The molecule has 0 bridgehead atoms. The average Bonchev–Trinajstić information content (AvgIpc) is 3.34. The maximum Gasteiger partial charge on any atom is 0.351 e. The number of fused-ring (bicyclic) bond motifs is 2. The van der Waals surface area contributed by atoms with Crippen molar-refractivity contribution in [1.82, 2.24) is 0 Å². The number of ether oxygens (including phenoxy) is 1. The van der Waals surface area contributed by atoms with Gasteiger partial charge >= 0.3 is 11.6 Å². The predicted molar refractivity (Wildman–Crippen MR) is 117 cm³/mol. The van der Waals surface area contributed by atoms with Gasteiger partial charge in [0.25, 0.3) is 0 Å². The van der Waals surface area contributed by atoms with Gasteiger partial charge in [-0.25, -0.2) is 9.59 Å². The quantitative estimate of drug-likeness (QED) is 0.295. The molecule has 0 aliphatic heterocycles. The SMILES string of the molecule is CCc1ccc2oc(-c3ccco3)c(OC(=O)c3cc4ccccc4oc3=O)c(=O)c2c1. The molecule has 0 saturated carbocycles. The Balaban J connectivity index is 1.67. The number of carbonyl (C=O) groups is 1. The van der Waals surface area contributed by atoms with Crippen molar-refractivity contribution in [1.29, 1.82) is 0 Å². The number of hydrogen-bond acceptors (Lipinski definition) is 7. The van der Waals surface area contributed by atoms with Crippen LogP contribution in [0.2, 0.25) is 0 Å². The lowest BCUT2D eigenvalue weighted by molar-refractivity contribution is 0.0727. The van der Waals surface area contributed by atoms with Gasteiger partial charge in [-0.05, 0) is 48.4 Å². The van der Waals surface area contributed by atoms with Crippen LogP contribution in [0.25, 0.3) is 33.5 Å². The third-order valence-corrected chi connectivity index (χ3v) is 5.12. The highest BCUT2D eigenvalue weighted by atomic mass is 16.5. The van der Waals surface area contributed by atoms with Crippen LogP contribution in [-0.4, -0.2) is 5.97 Å². The number of carbonyl (C=O) groups excluding carboxylic acids is 1. The Hall–Kier alpha value is -4.39. The molecule has 3 heterocycles. The molecule has 0 aliphatic carbocycles. The van der Waals surface area contributed by atoms with E-state index in [0.29, 0.717) is 23.0 Å². The number of hydrogen-bond donors (Lipinski definition) is 0. The van der Waals surface area contributed by atoms with Crippen LogP contribution in [0.5, 0.6) is 5.75 Å². The van der Waals surface area contributed by atoms with Gasteiger partial charge in [-0.1, -0.05) is 31.2 Å². The molecular formula is C25H16O7. The molecule has 7 nitrogen and oxygen atoms in total. The molecule has 5 rings (SSSR count). The Bertz CT molecular complexity index is 1590. The monoisotopic (exact) mass is 428 g/mol. The molecule has 0 saturated heterocycles. The molecule has 0 atom stereocenters. The summed E-state index contributed by atoms with van der Waals surface area (Å²) in [6.07, 6.45) is 2.12. The topological polar surface area (TPSA) is 99.9 Å². The van der Waals surface area contributed by atoms with Gasteiger partial charge in [-0.3, -0.25) is 4.79 Å². The predicted octanol–water partition coefficient (Wildman–Crippen LogP) is 4.94. The maximum absolute atomic E-state index is 13.3. The average molecular weight is 428 g/mol. The number of para-hydroxylation sites is 1. The first-order chi connectivity index (χ1) is 15.5. The first kappa shape index (κ1) is 19.6. The Labute approximate surface area is 180 Å². The number of furan rings is 1. The summed E-state index contributed by atoms with van der Waals surface area (Å²) in [6, 6.07) is 16.6. The smallest absolute Gasteiger partial charge is 0.351 e. The van der Waals surface area contributed by atoms with E-state index in [2.05, 4.69) is 0 Å². The van der Waals surface area contributed by atoms with Crippen LogP contribution in [0.3, 0.4) is 0 Å². The fourth-order valence-corrected chi connectivity index (χ4v) is 3.46. The zero-order valence-electron chi connectivity index (χ0n) is 16.9. The van der Waals surface area contributed by atoms with Gasteiger partial charge < -0.3 is 18.0 Å². The molecule has 0 amide bonds. The second-order valence-corrected chi connectivity index (χ2v) is 7.13. The van der Waals surface area contributed by atoms with Crippen LogP contribution >= 0.6 is 0 Å². The molecule has 3 aromatic heterocycles. The Morgan fingerprint density at radius 2 is 1.78 bits per heavy atom. The third-order valence-electron chi connectivity index (χ3n) is 5.12. The van der Waals surface area contributed by atoms with Crippen molar-refractivity contribution < 1.29 is 22.8 Å². The molecule has 0 unspecified atom stereocenters. The Kier molecular flexibility index (Phi) is 4.71. The largest absolute Gasteiger partial charge is 0.461 e. The highest BCUT2D eigenvalue weighted by Crippen LogP contribution is 2.32. The van der Waals surface area contributed by atoms with E-state index in [0.717, 1.165) is 5.56 Å². The summed E-state index contributed by atoms with van der Waals surface area (Å²) < 4.78 is 21.9. The van der Waals surface area contributed by atoms with Gasteiger partial charge in [0.2, 0.25) is 16.9 Å². The number of benzene rings is 2. The lowest BCUT2D eigenvalue weighted by Crippen LogP contribution is -2.22. The standard InChI is InChI=1S/C25H16O7/c1-2-14-9-10-19-16(12-14)21(26)23(22(30-19)20-8-5-11-29-20)32-25(28)17-13-15-6-3-4-7-18(15)31-24(17)27/h3-13H,2H2,1H3. The summed E-state index contributed by atoms with van der Waals surface area (Å²) in [7, 11) is 0. The van der Waals surface area contributed by atoms with E-state index in [1.807, 2.05) is 13.0 Å². The first-order valence-electron chi connectivity index (χ1n) is 9.94.